The summed E-state index contributed by atoms with van der Waals surface area (Å²) in [4.78, 5) is 11.7. The van der Waals surface area contributed by atoms with E-state index in [1.807, 2.05) is 0 Å². The highest BCUT2D eigenvalue weighted by molar-refractivity contribution is 5.91. The van der Waals surface area contributed by atoms with E-state index >= 15 is 0 Å². The lowest BCUT2D eigenvalue weighted by atomic mass is 9.74. The lowest BCUT2D eigenvalue weighted by Gasteiger charge is -2.35. The number of rotatable bonds is 4. The molecule has 0 bridgehead atoms. The van der Waals surface area contributed by atoms with Gasteiger partial charge in [0.05, 0.1) is 6.61 Å². The van der Waals surface area contributed by atoms with Crippen molar-refractivity contribution in [3.63, 3.8) is 0 Å². The van der Waals surface area contributed by atoms with Crippen molar-refractivity contribution >= 4 is 5.91 Å². The summed E-state index contributed by atoms with van der Waals surface area (Å²) < 4.78 is 4.62. The third kappa shape index (κ3) is 2.85. The lowest BCUT2D eigenvalue weighted by molar-refractivity contribution is 0.0713. The van der Waals surface area contributed by atoms with E-state index in [1.54, 1.807) is 0 Å². The summed E-state index contributed by atoms with van der Waals surface area (Å²) >= 11 is 0. The lowest BCUT2D eigenvalue weighted by Crippen LogP contribution is -2.41. The molecule has 1 saturated carbocycles. The second-order valence-corrected chi connectivity index (χ2v) is 4.79. The Morgan fingerprint density at radius 2 is 2.24 bits per heavy atom. The summed E-state index contributed by atoms with van der Waals surface area (Å²) in [5.74, 6) is -0.239. The van der Waals surface area contributed by atoms with Gasteiger partial charge in [-0.3, -0.25) is 4.79 Å². The molecule has 17 heavy (non-hydrogen) atoms. The third-order valence-corrected chi connectivity index (χ3v) is 3.54. The van der Waals surface area contributed by atoms with Crippen LogP contribution in [-0.4, -0.2) is 29.3 Å². The van der Waals surface area contributed by atoms with Crippen LogP contribution in [-0.2, 0) is 0 Å². The third-order valence-electron chi connectivity index (χ3n) is 3.54. The second-order valence-electron chi connectivity index (χ2n) is 4.79. The maximum atomic E-state index is 11.7. The van der Waals surface area contributed by atoms with Crippen molar-refractivity contribution < 1.29 is 14.4 Å². The number of nitrogens with one attached hydrogen (secondary N) is 1. The van der Waals surface area contributed by atoms with E-state index in [4.69, 9.17) is 0 Å². The highest BCUT2D eigenvalue weighted by Gasteiger charge is 2.31. The summed E-state index contributed by atoms with van der Waals surface area (Å²) in [7, 11) is 0. The Morgan fingerprint density at radius 1 is 1.47 bits per heavy atom. The van der Waals surface area contributed by atoms with Crippen molar-refractivity contribution in [1.82, 2.24) is 10.5 Å². The fraction of sp³-hybridized carbons (Fsp3) is 0.667. The van der Waals surface area contributed by atoms with E-state index in [0.29, 0.717) is 6.54 Å². The molecule has 0 spiro atoms. The molecule has 1 aromatic heterocycles. The van der Waals surface area contributed by atoms with Gasteiger partial charge in [0.1, 0.15) is 6.26 Å². The van der Waals surface area contributed by atoms with E-state index in [2.05, 4.69) is 15.0 Å². The molecule has 0 aliphatic heterocycles. The Balaban J connectivity index is 1.89. The van der Waals surface area contributed by atoms with E-state index in [1.165, 1.54) is 18.8 Å². The minimum Gasteiger partial charge on any atom is -0.396 e. The maximum absolute atomic E-state index is 11.7. The molecule has 0 aromatic carbocycles. The molecule has 5 heteroatoms. The first-order chi connectivity index (χ1) is 8.26. The average Bonchev–Trinajstić information content (AvgIpc) is 2.91. The van der Waals surface area contributed by atoms with Gasteiger partial charge in [0.25, 0.3) is 5.91 Å². The SMILES string of the molecule is O=C(NCC1(CO)CCCCC1)c1ccon1. The molecule has 1 aromatic rings. The number of carbonyl (C=O) groups is 1. The van der Waals surface area contributed by atoms with Crippen LogP contribution in [0.2, 0.25) is 0 Å². The predicted octanol–water partition coefficient (Wildman–Crippen LogP) is 1.35. The van der Waals surface area contributed by atoms with Gasteiger partial charge in [0, 0.05) is 18.0 Å². The Hall–Kier alpha value is -1.36. The molecule has 0 radical (unpaired) electrons. The van der Waals surface area contributed by atoms with Gasteiger partial charge in [0.15, 0.2) is 5.69 Å². The first-order valence-corrected chi connectivity index (χ1v) is 6.05. The van der Waals surface area contributed by atoms with Crippen LogP contribution < -0.4 is 5.32 Å². The van der Waals surface area contributed by atoms with Crippen molar-refractivity contribution in [2.75, 3.05) is 13.2 Å². The standard InChI is InChI=1S/C12H18N2O3/c15-9-12(5-2-1-3-6-12)8-13-11(16)10-4-7-17-14-10/h4,7,15H,1-3,5-6,8-9H2,(H,13,16). The second kappa shape index (κ2) is 5.31. The number of amides is 1. The van der Waals surface area contributed by atoms with E-state index in [-0.39, 0.29) is 23.6 Å². The van der Waals surface area contributed by atoms with Crippen molar-refractivity contribution in [3.8, 4) is 0 Å². The number of carbonyl (C=O) groups excluding carboxylic acids is 1. The summed E-state index contributed by atoms with van der Waals surface area (Å²) in [5.41, 5.74) is 0.145. The van der Waals surface area contributed by atoms with Crippen LogP contribution in [0.15, 0.2) is 16.9 Å². The predicted molar refractivity (Wildman–Crippen MR) is 61.4 cm³/mol. The first kappa shape index (κ1) is 12.1. The first-order valence-electron chi connectivity index (χ1n) is 6.05. The average molecular weight is 238 g/mol. The van der Waals surface area contributed by atoms with Gasteiger partial charge in [-0.05, 0) is 12.8 Å². The van der Waals surface area contributed by atoms with Crippen LogP contribution in [0.1, 0.15) is 42.6 Å². The molecule has 1 fully saturated rings. The molecule has 2 N–H and O–H groups in total. The molecular formula is C12H18N2O3. The Morgan fingerprint density at radius 3 is 2.82 bits per heavy atom. The number of nitrogens with zero attached hydrogens (tertiary/aromatic N) is 1. The Labute approximate surface area is 100 Å². The molecule has 0 atom stereocenters. The number of hydrogen-bond donors (Lipinski definition) is 2. The molecule has 0 saturated heterocycles. The molecule has 5 nitrogen and oxygen atoms in total. The number of aromatic nitrogens is 1. The zero-order valence-corrected chi connectivity index (χ0v) is 9.82. The topological polar surface area (TPSA) is 75.4 Å². The highest BCUT2D eigenvalue weighted by atomic mass is 16.5. The largest absolute Gasteiger partial charge is 0.396 e. The zero-order valence-electron chi connectivity index (χ0n) is 9.82. The minimum absolute atomic E-state index is 0.131. The zero-order chi connectivity index (χ0) is 12.1. The van der Waals surface area contributed by atoms with Crippen molar-refractivity contribution in [3.05, 3.63) is 18.0 Å². The van der Waals surface area contributed by atoms with Crippen LogP contribution in [0.3, 0.4) is 0 Å². The fourth-order valence-electron chi connectivity index (χ4n) is 2.38. The van der Waals surface area contributed by atoms with Gasteiger partial charge < -0.3 is 14.9 Å². The van der Waals surface area contributed by atoms with Gasteiger partial charge in [-0.15, -0.1) is 0 Å². The quantitative estimate of drug-likeness (QED) is 0.830. The van der Waals surface area contributed by atoms with Crippen LogP contribution in [0, 0.1) is 5.41 Å². The molecule has 2 rings (SSSR count). The van der Waals surface area contributed by atoms with E-state index in [9.17, 15) is 9.90 Å². The molecule has 0 unspecified atom stereocenters. The smallest absolute Gasteiger partial charge is 0.273 e. The number of aliphatic hydroxyl groups excluding tert-OH is 1. The Kier molecular flexibility index (Phi) is 3.78. The summed E-state index contributed by atoms with van der Waals surface area (Å²) in [6, 6.07) is 1.53. The molecule has 1 amide bonds. The van der Waals surface area contributed by atoms with Crippen LogP contribution in [0.4, 0.5) is 0 Å². The van der Waals surface area contributed by atoms with Gasteiger partial charge in [-0.2, -0.15) is 0 Å². The molecular weight excluding hydrogens is 220 g/mol. The van der Waals surface area contributed by atoms with E-state index in [0.717, 1.165) is 25.7 Å². The van der Waals surface area contributed by atoms with Crippen molar-refractivity contribution in [2.45, 2.75) is 32.1 Å². The molecule has 1 aliphatic rings. The van der Waals surface area contributed by atoms with Crippen LogP contribution in [0.25, 0.3) is 0 Å². The number of aliphatic hydroxyl groups is 1. The summed E-state index contributed by atoms with van der Waals surface area (Å²) in [5, 5.41) is 15.9. The van der Waals surface area contributed by atoms with Crippen molar-refractivity contribution in [1.29, 1.82) is 0 Å². The van der Waals surface area contributed by atoms with Gasteiger partial charge in [-0.25, -0.2) is 0 Å². The molecule has 1 aliphatic carbocycles. The summed E-state index contributed by atoms with van der Waals surface area (Å²) in [6.07, 6.45) is 6.79. The van der Waals surface area contributed by atoms with Crippen LogP contribution in [0.5, 0.6) is 0 Å². The van der Waals surface area contributed by atoms with E-state index < -0.39 is 0 Å². The monoisotopic (exact) mass is 238 g/mol. The van der Waals surface area contributed by atoms with Gasteiger partial charge in [0.2, 0.25) is 0 Å². The normalized spacial score (nSPS) is 18.9. The molecule has 1 heterocycles. The highest BCUT2D eigenvalue weighted by Crippen LogP contribution is 2.35. The van der Waals surface area contributed by atoms with Gasteiger partial charge in [-0.1, -0.05) is 24.4 Å². The minimum atomic E-state index is -0.239. The fourth-order valence-corrected chi connectivity index (χ4v) is 2.38. The molecule has 94 valence electrons. The summed E-state index contributed by atoms with van der Waals surface area (Å²) in [6.45, 7) is 0.640. The number of hydrogen-bond acceptors (Lipinski definition) is 4. The van der Waals surface area contributed by atoms with Crippen molar-refractivity contribution in [2.24, 2.45) is 5.41 Å². The van der Waals surface area contributed by atoms with Crippen LogP contribution >= 0.6 is 0 Å². The Bertz CT molecular complexity index is 356. The van der Waals surface area contributed by atoms with Gasteiger partial charge >= 0.3 is 0 Å². The maximum Gasteiger partial charge on any atom is 0.273 e.